The fraction of sp³-hybridized carbons (Fsp3) is 0. The Hall–Kier alpha value is -0.881. The number of hydrogen-bond acceptors (Lipinski definition) is 2. The third-order valence-electron chi connectivity index (χ3n) is 1.72. The Kier molecular flexibility index (Phi) is 2.83. The Bertz CT molecular complexity index is 482. The SMILES string of the molecule is N#Cc1ccc(-c2ccc(Br)[se]2)nc1. The fourth-order valence-corrected chi connectivity index (χ4v) is 3.58. The van der Waals surface area contributed by atoms with Crippen LogP contribution in [0.1, 0.15) is 5.56 Å². The van der Waals surface area contributed by atoms with Crippen molar-refractivity contribution in [2.45, 2.75) is 0 Å². The van der Waals surface area contributed by atoms with E-state index in [9.17, 15) is 0 Å². The molecule has 0 atom stereocenters. The van der Waals surface area contributed by atoms with E-state index in [0.29, 0.717) is 20.1 Å². The number of nitriles is 1. The summed E-state index contributed by atoms with van der Waals surface area (Å²) in [6.07, 6.45) is 1.61. The zero-order chi connectivity index (χ0) is 9.97. The monoisotopic (exact) mass is 312 g/mol. The average molecular weight is 312 g/mol. The first-order chi connectivity index (χ1) is 6.79. The van der Waals surface area contributed by atoms with Crippen molar-refractivity contribution >= 4 is 30.4 Å². The van der Waals surface area contributed by atoms with E-state index in [-0.39, 0.29) is 0 Å². The molecule has 0 fully saturated rings. The van der Waals surface area contributed by atoms with Crippen LogP contribution in [0, 0.1) is 11.3 Å². The van der Waals surface area contributed by atoms with Crippen LogP contribution in [-0.4, -0.2) is 19.5 Å². The zero-order valence-electron chi connectivity index (χ0n) is 7.07. The maximum absolute atomic E-state index is 8.62. The van der Waals surface area contributed by atoms with Crippen molar-refractivity contribution in [3.05, 3.63) is 39.4 Å². The van der Waals surface area contributed by atoms with Crippen LogP contribution in [0.5, 0.6) is 0 Å². The quantitative estimate of drug-likeness (QED) is 0.759. The molecule has 4 heteroatoms. The molecule has 68 valence electrons. The molecule has 0 bridgehead atoms. The average Bonchev–Trinajstić information content (AvgIpc) is 2.65. The normalized spacial score (nSPS) is 9.71. The summed E-state index contributed by atoms with van der Waals surface area (Å²) >= 11 is 3.80. The van der Waals surface area contributed by atoms with Gasteiger partial charge in [-0.15, -0.1) is 0 Å². The molecule has 2 aromatic heterocycles. The molecule has 0 spiro atoms. The van der Waals surface area contributed by atoms with Crippen molar-refractivity contribution < 1.29 is 0 Å². The molecular weight excluding hydrogens is 307 g/mol. The van der Waals surface area contributed by atoms with Gasteiger partial charge >= 0.3 is 96.3 Å². The van der Waals surface area contributed by atoms with E-state index in [1.165, 1.54) is 7.78 Å². The van der Waals surface area contributed by atoms with E-state index in [1.54, 1.807) is 12.3 Å². The van der Waals surface area contributed by atoms with Crippen molar-refractivity contribution in [1.29, 1.82) is 5.26 Å². The van der Waals surface area contributed by atoms with E-state index in [1.807, 2.05) is 6.07 Å². The molecule has 14 heavy (non-hydrogen) atoms. The second kappa shape index (κ2) is 4.10. The summed E-state index contributed by atoms with van der Waals surface area (Å²) in [7, 11) is 0. The van der Waals surface area contributed by atoms with Crippen LogP contribution in [0.3, 0.4) is 0 Å². The zero-order valence-corrected chi connectivity index (χ0v) is 10.4. The van der Waals surface area contributed by atoms with Gasteiger partial charge in [0.1, 0.15) is 0 Å². The van der Waals surface area contributed by atoms with Crippen molar-refractivity contribution in [2.75, 3.05) is 0 Å². The summed E-state index contributed by atoms with van der Waals surface area (Å²) in [5, 5.41) is 8.62. The molecule has 0 aliphatic rings. The molecule has 2 rings (SSSR count). The summed E-state index contributed by atoms with van der Waals surface area (Å²) in [6, 6.07) is 9.86. The maximum atomic E-state index is 8.62. The molecule has 2 heterocycles. The molecule has 0 N–H and O–H groups in total. The molecule has 0 aliphatic heterocycles. The molecule has 2 aromatic rings. The van der Waals surface area contributed by atoms with Gasteiger partial charge in [-0.1, -0.05) is 0 Å². The van der Waals surface area contributed by atoms with Crippen LogP contribution in [0.15, 0.2) is 33.8 Å². The Morgan fingerprint density at radius 3 is 2.64 bits per heavy atom. The fourth-order valence-electron chi connectivity index (χ4n) is 1.06. The Labute approximate surface area is 96.1 Å². The van der Waals surface area contributed by atoms with Gasteiger partial charge in [0.15, 0.2) is 0 Å². The van der Waals surface area contributed by atoms with Crippen LogP contribution in [0.4, 0.5) is 0 Å². The van der Waals surface area contributed by atoms with Gasteiger partial charge in [-0.25, -0.2) is 0 Å². The van der Waals surface area contributed by atoms with Crippen LogP contribution in [0.2, 0.25) is 0 Å². The molecular formula is C10H5BrN2Se. The minimum absolute atomic E-state index is 0.334. The molecule has 2 nitrogen and oxygen atoms in total. The third kappa shape index (κ3) is 1.96. The van der Waals surface area contributed by atoms with E-state index in [0.717, 1.165) is 5.69 Å². The van der Waals surface area contributed by atoms with Gasteiger partial charge in [-0.3, -0.25) is 0 Å². The van der Waals surface area contributed by atoms with Gasteiger partial charge in [0.25, 0.3) is 0 Å². The van der Waals surface area contributed by atoms with Gasteiger partial charge in [0, 0.05) is 0 Å². The number of aromatic nitrogens is 1. The number of rotatable bonds is 1. The summed E-state index contributed by atoms with van der Waals surface area (Å²) in [4.78, 5) is 4.24. The Balaban J connectivity index is 2.39. The van der Waals surface area contributed by atoms with Gasteiger partial charge in [0.2, 0.25) is 0 Å². The number of halogens is 1. The predicted molar refractivity (Wildman–Crippen MR) is 59.0 cm³/mol. The summed E-state index contributed by atoms with van der Waals surface area (Å²) in [5.41, 5.74) is 1.57. The van der Waals surface area contributed by atoms with Crippen LogP contribution in [0.25, 0.3) is 10.1 Å². The van der Waals surface area contributed by atoms with Crippen molar-refractivity contribution in [3.8, 4) is 16.2 Å². The minimum atomic E-state index is 0.334. The topological polar surface area (TPSA) is 36.7 Å². The van der Waals surface area contributed by atoms with E-state index in [2.05, 4.69) is 39.1 Å². The molecule has 0 aliphatic carbocycles. The Morgan fingerprint density at radius 1 is 1.29 bits per heavy atom. The second-order valence-corrected chi connectivity index (χ2v) is 6.96. The van der Waals surface area contributed by atoms with Crippen molar-refractivity contribution in [1.82, 2.24) is 4.98 Å². The molecule has 0 aromatic carbocycles. The van der Waals surface area contributed by atoms with Crippen LogP contribution >= 0.6 is 15.9 Å². The number of pyridine rings is 1. The summed E-state index contributed by atoms with van der Waals surface area (Å²) in [5.74, 6) is 0. The third-order valence-corrected chi connectivity index (χ3v) is 4.70. The Morgan fingerprint density at radius 2 is 2.14 bits per heavy atom. The standard InChI is InChI=1S/C10H5BrN2Se/c11-10-4-3-9(14-10)8-2-1-7(5-12)6-13-8/h1-4,6H. The van der Waals surface area contributed by atoms with Crippen LogP contribution in [-0.2, 0) is 0 Å². The first kappa shape index (κ1) is 9.67. The summed E-state index contributed by atoms with van der Waals surface area (Å²) < 4.78 is 2.47. The molecule has 0 saturated heterocycles. The van der Waals surface area contributed by atoms with E-state index >= 15 is 0 Å². The van der Waals surface area contributed by atoms with Crippen molar-refractivity contribution in [3.63, 3.8) is 0 Å². The van der Waals surface area contributed by atoms with Crippen LogP contribution < -0.4 is 0 Å². The first-order valence-electron chi connectivity index (χ1n) is 3.91. The van der Waals surface area contributed by atoms with Gasteiger partial charge in [-0.2, -0.15) is 0 Å². The van der Waals surface area contributed by atoms with E-state index < -0.39 is 0 Å². The molecule has 0 amide bonds. The predicted octanol–water partition coefficient (Wildman–Crippen LogP) is 2.44. The van der Waals surface area contributed by atoms with Gasteiger partial charge < -0.3 is 0 Å². The number of nitrogens with zero attached hydrogens (tertiary/aromatic N) is 2. The van der Waals surface area contributed by atoms with E-state index in [4.69, 9.17) is 5.26 Å². The first-order valence-corrected chi connectivity index (χ1v) is 6.42. The van der Waals surface area contributed by atoms with Gasteiger partial charge in [0.05, 0.1) is 0 Å². The van der Waals surface area contributed by atoms with Gasteiger partial charge in [-0.05, 0) is 0 Å². The second-order valence-electron chi connectivity index (χ2n) is 2.65. The van der Waals surface area contributed by atoms with Crippen molar-refractivity contribution in [2.24, 2.45) is 0 Å². The molecule has 0 saturated carbocycles. The molecule has 0 radical (unpaired) electrons. The summed E-state index contributed by atoms with van der Waals surface area (Å²) in [6.45, 7) is 0. The molecule has 0 unspecified atom stereocenters. The number of hydrogen-bond donors (Lipinski definition) is 0.